The van der Waals surface area contributed by atoms with E-state index in [9.17, 15) is 0 Å². The van der Waals surface area contributed by atoms with E-state index in [1.807, 2.05) is 24.3 Å². The van der Waals surface area contributed by atoms with Crippen LogP contribution in [0.5, 0.6) is 0 Å². The smallest absolute Gasteiger partial charge is 0.173 e. The van der Waals surface area contributed by atoms with Gasteiger partial charge in [0.25, 0.3) is 0 Å². The molecule has 0 amide bonds. The van der Waals surface area contributed by atoms with Crippen molar-refractivity contribution in [3.63, 3.8) is 0 Å². The highest BCUT2D eigenvalue weighted by atomic mass is 79.9. The molecule has 0 spiro atoms. The molecule has 0 saturated heterocycles. The molecule has 2 heterocycles. The summed E-state index contributed by atoms with van der Waals surface area (Å²) in [6, 6.07) is 7.90. The molecule has 84 valence electrons. The number of benzene rings is 1. The van der Waals surface area contributed by atoms with Gasteiger partial charge in [0, 0.05) is 5.39 Å². The van der Waals surface area contributed by atoms with Gasteiger partial charge >= 0.3 is 0 Å². The zero-order valence-electron chi connectivity index (χ0n) is 8.51. The molecule has 0 saturated carbocycles. The van der Waals surface area contributed by atoms with Gasteiger partial charge in [0.2, 0.25) is 0 Å². The van der Waals surface area contributed by atoms with Gasteiger partial charge in [0.1, 0.15) is 11.5 Å². The number of hydrogen-bond donors (Lipinski definition) is 0. The molecule has 0 N–H and O–H groups in total. The van der Waals surface area contributed by atoms with Crippen LogP contribution in [0.25, 0.3) is 16.7 Å². The maximum atomic E-state index is 5.94. The summed E-state index contributed by atoms with van der Waals surface area (Å²) in [4.78, 5) is 8.09. The van der Waals surface area contributed by atoms with E-state index < -0.39 is 0 Å². The second-order valence-corrected chi connectivity index (χ2v) is 4.57. The molecule has 4 nitrogen and oxygen atoms in total. The van der Waals surface area contributed by atoms with E-state index in [2.05, 4.69) is 31.0 Å². The number of para-hydroxylation sites is 1. The molecule has 3 aromatic rings. The standard InChI is InChI=1S/C11H6BrClN4/c12-9-10(13)14-6-15-11(9)17-8-4-2-1-3-7(8)5-16-17/h1-6H. The molecule has 0 aliphatic heterocycles. The SMILES string of the molecule is Clc1ncnc(-n2ncc3ccccc32)c1Br. The van der Waals surface area contributed by atoms with Gasteiger partial charge in [-0.25, -0.2) is 14.6 Å². The van der Waals surface area contributed by atoms with Crippen LogP contribution < -0.4 is 0 Å². The van der Waals surface area contributed by atoms with E-state index in [0.717, 1.165) is 10.9 Å². The number of rotatable bonds is 1. The molecule has 1 aromatic carbocycles. The van der Waals surface area contributed by atoms with Gasteiger partial charge in [-0.3, -0.25) is 0 Å². The molecular formula is C11H6BrClN4. The summed E-state index contributed by atoms with van der Waals surface area (Å²) in [5.74, 6) is 0.631. The summed E-state index contributed by atoms with van der Waals surface area (Å²) in [7, 11) is 0. The van der Waals surface area contributed by atoms with Crippen LogP contribution >= 0.6 is 27.5 Å². The Labute approximate surface area is 110 Å². The molecule has 0 unspecified atom stereocenters. The molecular weight excluding hydrogens is 304 g/mol. The van der Waals surface area contributed by atoms with Crippen molar-refractivity contribution in [3.8, 4) is 5.82 Å². The van der Waals surface area contributed by atoms with Crippen molar-refractivity contribution >= 4 is 38.4 Å². The Balaban J connectivity index is 2.31. The van der Waals surface area contributed by atoms with Crippen molar-refractivity contribution in [1.82, 2.24) is 19.7 Å². The number of nitrogens with zero attached hydrogens (tertiary/aromatic N) is 4. The molecule has 2 aromatic heterocycles. The third-order valence-electron chi connectivity index (χ3n) is 2.41. The maximum absolute atomic E-state index is 5.94. The highest BCUT2D eigenvalue weighted by molar-refractivity contribution is 9.10. The van der Waals surface area contributed by atoms with Gasteiger partial charge in [0.15, 0.2) is 5.82 Å². The highest BCUT2D eigenvalue weighted by Crippen LogP contribution is 2.27. The van der Waals surface area contributed by atoms with Gasteiger partial charge in [-0.05, 0) is 22.0 Å². The first-order chi connectivity index (χ1) is 8.27. The van der Waals surface area contributed by atoms with Crippen molar-refractivity contribution in [3.05, 3.63) is 46.4 Å². The normalized spacial score (nSPS) is 10.9. The summed E-state index contributed by atoms with van der Waals surface area (Å²) in [5, 5.41) is 5.73. The lowest BCUT2D eigenvalue weighted by Gasteiger charge is -2.05. The van der Waals surface area contributed by atoms with Gasteiger partial charge in [-0.1, -0.05) is 29.8 Å². The minimum Gasteiger partial charge on any atom is -0.223 e. The summed E-state index contributed by atoms with van der Waals surface area (Å²) in [5.41, 5.74) is 0.975. The Hall–Kier alpha value is -1.46. The minimum absolute atomic E-state index is 0.370. The Morgan fingerprint density at radius 3 is 2.88 bits per heavy atom. The van der Waals surface area contributed by atoms with E-state index in [1.165, 1.54) is 6.33 Å². The Bertz CT molecular complexity index is 695. The third-order valence-corrected chi connectivity index (χ3v) is 3.65. The number of aromatic nitrogens is 4. The predicted octanol–water partition coefficient (Wildman–Crippen LogP) is 3.23. The van der Waals surface area contributed by atoms with Crippen molar-refractivity contribution in [1.29, 1.82) is 0 Å². The Kier molecular flexibility index (Phi) is 2.57. The van der Waals surface area contributed by atoms with Crippen LogP contribution in [0.4, 0.5) is 0 Å². The second kappa shape index (κ2) is 4.09. The summed E-state index contributed by atoms with van der Waals surface area (Å²) < 4.78 is 2.36. The lowest BCUT2D eigenvalue weighted by Crippen LogP contribution is -2.01. The molecule has 3 rings (SSSR count). The van der Waals surface area contributed by atoms with Gasteiger partial charge in [0.05, 0.1) is 16.2 Å². The van der Waals surface area contributed by atoms with Crippen LogP contribution in [-0.2, 0) is 0 Å². The van der Waals surface area contributed by atoms with Crippen LogP contribution in [0.1, 0.15) is 0 Å². The van der Waals surface area contributed by atoms with Gasteiger partial charge in [-0.2, -0.15) is 5.10 Å². The zero-order chi connectivity index (χ0) is 11.8. The number of fused-ring (bicyclic) bond motifs is 1. The highest BCUT2D eigenvalue weighted by Gasteiger charge is 2.11. The van der Waals surface area contributed by atoms with E-state index in [-0.39, 0.29) is 0 Å². The molecule has 6 heteroatoms. The summed E-state index contributed by atoms with van der Waals surface area (Å²) in [6.45, 7) is 0. The van der Waals surface area contributed by atoms with Gasteiger partial charge in [-0.15, -0.1) is 0 Å². The third kappa shape index (κ3) is 1.71. The fourth-order valence-corrected chi connectivity index (χ4v) is 2.13. The van der Waals surface area contributed by atoms with Crippen LogP contribution in [-0.4, -0.2) is 19.7 Å². The molecule has 0 aliphatic rings. The largest absolute Gasteiger partial charge is 0.223 e. The van der Waals surface area contributed by atoms with Crippen molar-refractivity contribution in [2.24, 2.45) is 0 Å². The predicted molar refractivity (Wildman–Crippen MR) is 69.4 cm³/mol. The van der Waals surface area contributed by atoms with E-state index >= 15 is 0 Å². The van der Waals surface area contributed by atoms with Crippen molar-refractivity contribution in [2.75, 3.05) is 0 Å². The summed E-state index contributed by atoms with van der Waals surface area (Å²) >= 11 is 9.31. The molecule has 0 radical (unpaired) electrons. The van der Waals surface area contributed by atoms with E-state index in [1.54, 1.807) is 10.9 Å². The van der Waals surface area contributed by atoms with Crippen LogP contribution in [0.2, 0.25) is 5.15 Å². The fourth-order valence-electron chi connectivity index (χ4n) is 1.63. The first kappa shape index (κ1) is 10.7. The molecule has 0 aliphatic carbocycles. The monoisotopic (exact) mass is 308 g/mol. The van der Waals surface area contributed by atoms with Crippen molar-refractivity contribution < 1.29 is 0 Å². The van der Waals surface area contributed by atoms with Crippen molar-refractivity contribution in [2.45, 2.75) is 0 Å². The molecule has 17 heavy (non-hydrogen) atoms. The molecule has 0 atom stereocenters. The van der Waals surface area contributed by atoms with E-state index in [0.29, 0.717) is 15.4 Å². The lowest BCUT2D eigenvalue weighted by atomic mass is 10.2. The average molecular weight is 310 g/mol. The quantitative estimate of drug-likeness (QED) is 0.648. The van der Waals surface area contributed by atoms with Crippen LogP contribution in [0.3, 0.4) is 0 Å². The lowest BCUT2D eigenvalue weighted by molar-refractivity contribution is 0.859. The number of hydrogen-bond acceptors (Lipinski definition) is 3. The number of halogens is 2. The fraction of sp³-hybridized carbons (Fsp3) is 0. The van der Waals surface area contributed by atoms with Crippen LogP contribution in [0, 0.1) is 0 Å². The second-order valence-electron chi connectivity index (χ2n) is 3.42. The maximum Gasteiger partial charge on any atom is 0.173 e. The minimum atomic E-state index is 0.370. The van der Waals surface area contributed by atoms with E-state index in [4.69, 9.17) is 11.6 Å². The van der Waals surface area contributed by atoms with Gasteiger partial charge < -0.3 is 0 Å². The first-order valence-corrected chi connectivity index (χ1v) is 6.03. The Morgan fingerprint density at radius 1 is 1.18 bits per heavy atom. The molecule has 0 bridgehead atoms. The topological polar surface area (TPSA) is 43.6 Å². The van der Waals surface area contributed by atoms with Crippen LogP contribution in [0.15, 0.2) is 41.3 Å². The zero-order valence-corrected chi connectivity index (χ0v) is 10.9. The molecule has 0 fully saturated rings. The Morgan fingerprint density at radius 2 is 2.00 bits per heavy atom. The average Bonchev–Trinajstić information content (AvgIpc) is 2.77. The first-order valence-electron chi connectivity index (χ1n) is 4.86. The summed E-state index contributed by atoms with van der Waals surface area (Å²) in [6.07, 6.45) is 3.21.